The summed E-state index contributed by atoms with van der Waals surface area (Å²) in [5.41, 5.74) is 0. The molecule has 0 aliphatic heterocycles. The van der Waals surface area contributed by atoms with Crippen molar-refractivity contribution in [2.45, 2.75) is 33.1 Å². The van der Waals surface area contributed by atoms with E-state index in [1.807, 2.05) is 0 Å². The summed E-state index contributed by atoms with van der Waals surface area (Å²) < 4.78 is 4.84. The maximum absolute atomic E-state index is 11.0. The van der Waals surface area contributed by atoms with Gasteiger partial charge in [-0.2, -0.15) is 0 Å². The van der Waals surface area contributed by atoms with Gasteiger partial charge in [-0.05, 0) is 13.3 Å². The molecule has 0 amide bonds. The minimum Gasteiger partial charge on any atom is -0.501 e. The van der Waals surface area contributed by atoms with Crippen LogP contribution in [0.3, 0.4) is 0 Å². The van der Waals surface area contributed by atoms with Gasteiger partial charge in [0.1, 0.15) is 0 Å². The Morgan fingerprint density at radius 3 is 2.64 bits per heavy atom. The second-order valence-corrected chi connectivity index (χ2v) is 2.53. The van der Waals surface area contributed by atoms with E-state index in [0.717, 1.165) is 12.8 Å². The molecule has 0 aromatic heterocycles. The van der Waals surface area contributed by atoms with E-state index in [9.17, 15) is 4.79 Å². The Hall–Kier alpha value is -0.790. The van der Waals surface area contributed by atoms with Crippen LogP contribution in [0, 0.1) is 0 Å². The second kappa shape index (κ2) is 5.96. The average Bonchev–Trinajstić information content (AvgIpc) is 2.00. The summed E-state index contributed by atoms with van der Waals surface area (Å²) in [6.45, 7) is 3.85. The van der Waals surface area contributed by atoms with Crippen LogP contribution in [0.5, 0.6) is 0 Å². The minimum absolute atomic E-state index is 0.159. The zero-order valence-electron chi connectivity index (χ0n) is 7.52. The van der Waals surface area contributed by atoms with Gasteiger partial charge in [-0.25, -0.2) is 0 Å². The predicted octanol–water partition coefficient (Wildman–Crippen LogP) is 2.30. The van der Waals surface area contributed by atoms with E-state index in [4.69, 9.17) is 4.74 Å². The van der Waals surface area contributed by atoms with Gasteiger partial charge in [-0.3, -0.25) is 4.79 Å². The molecule has 0 aliphatic rings. The third-order valence-corrected chi connectivity index (χ3v) is 1.46. The largest absolute Gasteiger partial charge is 0.501 e. The van der Waals surface area contributed by atoms with Gasteiger partial charge in [-0.1, -0.05) is 13.3 Å². The lowest BCUT2D eigenvalue weighted by molar-refractivity contribution is -0.114. The van der Waals surface area contributed by atoms with Crippen LogP contribution in [0.15, 0.2) is 11.8 Å². The maximum Gasteiger partial charge on any atom is 0.159 e. The molecule has 11 heavy (non-hydrogen) atoms. The first-order valence-electron chi connectivity index (χ1n) is 3.95. The molecule has 0 saturated heterocycles. The predicted molar refractivity (Wildman–Crippen MR) is 45.3 cm³/mol. The van der Waals surface area contributed by atoms with Crippen molar-refractivity contribution in [3.8, 4) is 0 Å². The van der Waals surface area contributed by atoms with Crippen LogP contribution < -0.4 is 0 Å². The van der Waals surface area contributed by atoms with E-state index >= 15 is 0 Å². The molecule has 0 saturated carbocycles. The van der Waals surface area contributed by atoms with Gasteiger partial charge in [-0.15, -0.1) is 0 Å². The van der Waals surface area contributed by atoms with Crippen molar-refractivity contribution in [2.24, 2.45) is 0 Å². The van der Waals surface area contributed by atoms with Gasteiger partial charge in [0.25, 0.3) is 0 Å². The van der Waals surface area contributed by atoms with Crippen LogP contribution in [0.1, 0.15) is 33.1 Å². The van der Waals surface area contributed by atoms with Crippen molar-refractivity contribution in [1.82, 2.24) is 0 Å². The number of methoxy groups -OCH3 is 1. The molecule has 0 aliphatic carbocycles. The van der Waals surface area contributed by atoms with Gasteiger partial charge in [0, 0.05) is 12.5 Å². The van der Waals surface area contributed by atoms with E-state index in [1.165, 1.54) is 0 Å². The molecule has 0 aromatic rings. The molecule has 64 valence electrons. The number of carbonyl (C=O) groups excluding carboxylic acids is 1. The highest BCUT2D eigenvalue weighted by Crippen LogP contribution is 1.99. The molecule has 0 atom stereocenters. The van der Waals surface area contributed by atoms with Crippen LogP contribution in [0.4, 0.5) is 0 Å². The van der Waals surface area contributed by atoms with E-state index < -0.39 is 0 Å². The SMILES string of the molecule is CCCCC(=O)/C=C(\C)OC. The lowest BCUT2D eigenvalue weighted by Crippen LogP contribution is -1.94. The molecular weight excluding hydrogens is 140 g/mol. The van der Waals surface area contributed by atoms with E-state index in [-0.39, 0.29) is 5.78 Å². The van der Waals surface area contributed by atoms with Crippen LogP contribution >= 0.6 is 0 Å². The van der Waals surface area contributed by atoms with Crippen molar-refractivity contribution in [2.75, 3.05) is 7.11 Å². The third kappa shape index (κ3) is 5.64. The molecule has 0 spiro atoms. The fourth-order valence-electron chi connectivity index (χ4n) is 0.709. The average molecular weight is 156 g/mol. The zero-order chi connectivity index (χ0) is 8.69. The third-order valence-electron chi connectivity index (χ3n) is 1.46. The first-order valence-corrected chi connectivity index (χ1v) is 3.95. The van der Waals surface area contributed by atoms with Gasteiger partial charge in [0.2, 0.25) is 0 Å². The summed E-state index contributed by atoms with van der Waals surface area (Å²) >= 11 is 0. The Balaban J connectivity index is 3.67. The highest BCUT2D eigenvalue weighted by molar-refractivity contribution is 5.89. The number of carbonyl (C=O) groups is 1. The Kier molecular flexibility index (Phi) is 5.53. The van der Waals surface area contributed by atoms with Crippen LogP contribution in [0.2, 0.25) is 0 Å². The number of hydrogen-bond donors (Lipinski definition) is 0. The number of rotatable bonds is 5. The molecular formula is C9H16O2. The van der Waals surface area contributed by atoms with Crippen LogP contribution in [-0.2, 0) is 9.53 Å². The molecule has 0 rings (SSSR count). The number of unbranched alkanes of at least 4 members (excludes halogenated alkanes) is 1. The monoisotopic (exact) mass is 156 g/mol. The molecule has 0 aromatic carbocycles. The Morgan fingerprint density at radius 1 is 1.55 bits per heavy atom. The van der Waals surface area contributed by atoms with Crippen molar-refractivity contribution in [3.05, 3.63) is 11.8 Å². The molecule has 2 heteroatoms. The normalized spacial score (nSPS) is 11.4. The Bertz CT molecular complexity index is 148. The quantitative estimate of drug-likeness (QED) is 0.451. The summed E-state index contributed by atoms with van der Waals surface area (Å²) in [5, 5.41) is 0. The lowest BCUT2D eigenvalue weighted by atomic mass is 10.2. The summed E-state index contributed by atoms with van der Waals surface area (Å²) in [4.78, 5) is 11.0. The maximum atomic E-state index is 11.0. The fraction of sp³-hybridized carbons (Fsp3) is 0.667. The molecule has 0 fully saturated rings. The van der Waals surface area contributed by atoms with E-state index in [0.29, 0.717) is 12.2 Å². The van der Waals surface area contributed by atoms with Crippen molar-refractivity contribution in [3.63, 3.8) is 0 Å². The standard InChI is InChI=1S/C9H16O2/c1-4-5-6-9(10)7-8(2)11-3/h7H,4-6H2,1-3H3/b8-7+. The Morgan fingerprint density at radius 2 is 2.18 bits per heavy atom. The number of hydrogen-bond acceptors (Lipinski definition) is 2. The number of allylic oxidation sites excluding steroid dienone is 2. The summed E-state index contributed by atoms with van der Waals surface area (Å²) in [6.07, 6.45) is 4.21. The van der Waals surface area contributed by atoms with E-state index in [1.54, 1.807) is 20.1 Å². The molecule has 0 unspecified atom stereocenters. The van der Waals surface area contributed by atoms with Gasteiger partial charge >= 0.3 is 0 Å². The zero-order valence-corrected chi connectivity index (χ0v) is 7.52. The van der Waals surface area contributed by atoms with Crippen LogP contribution in [-0.4, -0.2) is 12.9 Å². The molecule has 0 radical (unpaired) electrons. The van der Waals surface area contributed by atoms with E-state index in [2.05, 4.69) is 6.92 Å². The van der Waals surface area contributed by atoms with Crippen molar-refractivity contribution >= 4 is 5.78 Å². The summed E-state index contributed by atoms with van der Waals surface area (Å²) in [7, 11) is 1.57. The molecule has 0 bridgehead atoms. The molecule has 0 heterocycles. The summed E-state index contributed by atoms with van der Waals surface area (Å²) in [5.74, 6) is 0.845. The van der Waals surface area contributed by atoms with Crippen molar-refractivity contribution < 1.29 is 9.53 Å². The smallest absolute Gasteiger partial charge is 0.159 e. The van der Waals surface area contributed by atoms with Gasteiger partial charge < -0.3 is 4.74 Å². The van der Waals surface area contributed by atoms with Crippen molar-refractivity contribution in [1.29, 1.82) is 0 Å². The van der Waals surface area contributed by atoms with Gasteiger partial charge in [0.15, 0.2) is 5.78 Å². The fourth-order valence-corrected chi connectivity index (χ4v) is 0.709. The highest BCUT2D eigenvalue weighted by atomic mass is 16.5. The lowest BCUT2D eigenvalue weighted by Gasteiger charge is -1.97. The van der Waals surface area contributed by atoms with Gasteiger partial charge in [0.05, 0.1) is 12.9 Å². The second-order valence-electron chi connectivity index (χ2n) is 2.53. The molecule has 0 N–H and O–H groups in total. The first-order chi connectivity index (χ1) is 5.20. The first kappa shape index (κ1) is 10.2. The number of ether oxygens (including phenoxy) is 1. The topological polar surface area (TPSA) is 26.3 Å². The Labute approximate surface area is 68.2 Å². The molecule has 2 nitrogen and oxygen atoms in total. The minimum atomic E-state index is 0.159. The number of ketones is 1. The highest BCUT2D eigenvalue weighted by Gasteiger charge is 1.96. The van der Waals surface area contributed by atoms with Crippen LogP contribution in [0.25, 0.3) is 0 Å². The summed E-state index contributed by atoms with van der Waals surface area (Å²) in [6, 6.07) is 0.